The second-order valence-electron chi connectivity index (χ2n) is 11.3. The van der Waals surface area contributed by atoms with Crippen LogP contribution in [0.3, 0.4) is 0 Å². The van der Waals surface area contributed by atoms with E-state index >= 15 is 0 Å². The van der Waals surface area contributed by atoms with Gasteiger partial charge in [-0.1, -0.05) is 10.4 Å². The Morgan fingerprint density at radius 1 is 1.02 bits per heavy atom. The van der Waals surface area contributed by atoms with E-state index in [-0.39, 0.29) is 28.8 Å². The van der Waals surface area contributed by atoms with E-state index in [1.807, 2.05) is 10.9 Å². The molecule has 4 fully saturated rings. The lowest BCUT2D eigenvalue weighted by molar-refractivity contribution is -0.212. The Morgan fingerprint density at radius 3 is 2.42 bits per heavy atom. The monoisotopic (exact) mass is 563 g/mol. The lowest BCUT2D eigenvalue weighted by atomic mass is 9.62. The van der Waals surface area contributed by atoms with Gasteiger partial charge in [0.2, 0.25) is 0 Å². The summed E-state index contributed by atoms with van der Waals surface area (Å²) in [5.41, 5.74) is 6.61. The molecule has 0 spiro atoms. The summed E-state index contributed by atoms with van der Waals surface area (Å²) in [7, 11) is 1.45. The standard InChI is InChI=1S/C26H32F3N7O4/c1-39-24-18(10-14-11-36(34-31-14)26-7-4-25(30,5-8-26)6-9-26)40-19(13-37)23(38)22(24)35-12-17(32-33-35)15-2-3-16(27)21(29)20(15)28/h2-3,11-12,18-19,22-24,37-38H,4-10,13,30H2,1H3/t18-,19-,22+,23+,24+,25?,26?/m1/s1. The Bertz CT molecular complexity index is 1360. The van der Waals surface area contributed by atoms with Crippen molar-refractivity contribution in [1.82, 2.24) is 30.0 Å². The summed E-state index contributed by atoms with van der Waals surface area (Å²) in [5.74, 6) is -4.34. The van der Waals surface area contributed by atoms with Crippen LogP contribution < -0.4 is 5.73 Å². The molecule has 4 aliphatic rings. The highest BCUT2D eigenvalue weighted by Crippen LogP contribution is 2.49. The molecule has 7 rings (SSSR count). The van der Waals surface area contributed by atoms with E-state index in [1.54, 1.807) is 0 Å². The van der Waals surface area contributed by atoms with Gasteiger partial charge in [-0.25, -0.2) is 22.5 Å². The number of benzene rings is 1. The number of fused-ring (bicyclic) bond motifs is 3. The Kier molecular flexibility index (Phi) is 6.94. The summed E-state index contributed by atoms with van der Waals surface area (Å²) in [6.45, 7) is -0.486. The fourth-order valence-corrected chi connectivity index (χ4v) is 6.57. The molecule has 11 nitrogen and oxygen atoms in total. The summed E-state index contributed by atoms with van der Waals surface area (Å²) >= 11 is 0. The number of nitrogens with two attached hydrogens (primary N) is 1. The van der Waals surface area contributed by atoms with Gasteiger partial charge in [0.1, 0.15) is 30.0 Å². The van der Waals surface area contributed by atoms with Gasteiger partial charge in [-0.05, 0) is 50.7 Å². The van der Waals surface area contributed by atoms with Crippen LogP contribution in [0.1, 0.15) is 50.3 Å². The fraction of sp³-hybridized carbons (Fsp3) is 0.615. The maximum absolute atomic E-state index is 14.4. The van der Waals surface area contributed by atoms with Crippen LogP contribution in [0.5, 0.6) is 0 Å². The normalized spacial score (nSPS) is 33.9. The van der Waals surface area contributed by atoms with Crippen LogP contribution in [0, 0.1) is 17.5 Å². The number of halogens is 3. The SMILES string of the molecule is CO[C@@H]1[C@@H](n2cc(-c3ccc(F)c(F)c3F)nn2)[C@@H](O)[C@@H](CO)O[C@@H]1Cc1cn(C23CCC(N)(CC2)CC3)nn1. The summed E-state index contributed by atoms with van der Waals surface area (Å²) in [4.78, 5) is 0. The van der Waals surface area contributed by atoms with Gasteiger partial charge >= 0.3 is 0 Å². The van der Waals surface area contributed by atoms with Crippen molar-refractivity contribution in [1.29, 1.82) is 0 Å². The zero-order valence-corrected chi connectivity index (χ0v) is 22.0. The molecule has 3 saturated carbocycles. The zero-order chi connectivity index (χ0) is 28.2. The number of methoxy groups -OCH3 is 1. The minimum Gasteiger partial charge on any atom is -0.394 e. The topological polar surface area (TPSA) is 146 Å². The summed E-state index contributed by atoms with van der Waals surface area (Å²) < 4.78 is 56.7. The molecule has 5 atom stereocenters. The van der Waals surface area contributed by atoms with E-state index in [0.29, 0.717) is 5.69 Å². The Morgan fingerprint density at radius 2 is 1.75 bits per heavy atom. The second kappa shape index (κ2) is 10.2. The first-order valence-corrected chi connectivity index (χ1v) is 13.4. The predicted octanol–water partition coefficient (Wildman–Crippen LogP) is 1.63. The Balaban J connectivity index is 1.26. The van der Waals surface area contributed by atoms with Gasteiger partial charge in [0.25, 0.3) is 0 Å². The average Bonchev–Trinajstić information content (AvgIpc) is 3.63. The van der Waals surface area contributed by atoms with Crippen molar-refractivity contribution >= 4 is 0 Å². The van der Waals surface area contributed by atoms with Crippen LogP contribution in [0.25, 0.3) is 11.3 Å². The summed E-state index contributed by atoms with van der Waals surface area (Å²) in [6.07, 6.45) is 5.47. The lowest BCUT2D eigenvalue weighted by Crippen LogP contribution is -2.57. The van der Waals surface area contributed by atoms with Gasteiger partial charge in [0.05, 0.1) is 30.1 Å². The number of rotatable bonds is 7. The first kappa shape index (κ1) is 27.3. The number of ether oxygens (including phenoxy) is 2. The molecule has 1 saturated heterocycles. The number of nitrogens with zero attached hydrogens (tertiary/aromatic N) is 6. The highest BCUT2D eigenvalue weighted by Gasteiger charge is 2.49. The second-order valence-corrected chi connectivity index (χ2v) is 11.3. The molecule has 0 unspecified atom stereocenters. The van der Waals surface area contributed by atoms with Crippen LogP contribution in [0.4, 0.5) is 13.2 Å². The van der Waals surface area contributed by atoms with Crippen molar-refractivity contribution in [2.24, 2.45) is 5.73 Å². The molecule has 0 radical (unpaired) electrons. The van der Waals surface area contributed by atoms with Crippen LogP contribution in [-0.2, 0) is 21.4 Å². The number of aliphatic hydroxyl groups excluding tert-OH is 2. The summed E-state index contributed by atoms with van der Waals surface area (Å²) in [5, 5.41) is 37.8. The van der Waals surface area contributed by atoms with Crippen molar-refractivity contribution in [2.45, 2.75) is 86.5 Å². The van der Waals surface area contributed by atoms with Crippen LogP contribution in [0.15, 0.2) is 24.5 Å². The van der Waals surface area contributed by atoms with Crippen molar-refractivity contribution in [3.63, 3.8) is 0 Å². The minimum atomic E-state index is -1.62. The molecule has 1 aromatic carbocycles. The molecule has 1 aliphatic heterocycles. The van der Waals surface area contributed by atoms with E-state index in [9.17, 15) is 23.4 Å². The van der Waals surface area contributed by atoms with E-state index in [0.717, 1.165) is 50.7 Å². The molecular weight excluding hydrogens is 531 g/mol. The van der Waals surface area contributed by atoms with Crippen molar-refractivity contribution in [3.05, 3.63) is 47.7 Å². The molecule has 0 amide bonds. The average molecular weight is 564 g/mol. The molecule has 3 aromatic rings. The quantitative estimate of drug-likeness (QED) is 0.365. The van der Waals surface area contributed by atoms with Crippen molar-refractivity contribution in [3.8, 4) is 11.3 Å². The first-order chi connectivity index (χ1) is 19.2. The van der Waals surface area contributed by atoms with E-state index in [4.69, 9.17) is 15.2 Å². The highest BCUT2D eigenvalue weighted by atomic mass is 19.2. The Hall–Kier alpha value is -2.91. The van der Waals surface area contributed by atoms with Gasteiger partial charge in [-0.3, -0.25) is 0 Å². The third kappa shape index (κ3) is 4.51. The molecule has 3 heterocycles. The maximum atomic E-state index is 14.4. The molecule has 2 bridgehead atoms. The number of aromatic nitrogens is 6. The predicted molar refractivity (Wildman–Crippen MR) is 133 cm³/mol. The van der Waals surface area contributed by atoms with Crippen LogP contribution in [-0.4, -0.2) is 83.9 Å². The smallest absolute Gasteiger partial charge is 0.195 e. The maximum Gasteiger partial charge on any atom is 0.195 e. The van der Waals surface area contributed by atoms with E-state index in [2.05, 4.69) is 20.6 Å². The lowest BCUT2D eigenvalue weighted by Gasteiger charge is -2.51. The van der Waals surface area contributed by atoms with Gasteiger partial charge in [-0.2, -0.15) is 0 Å². The van der Waals surface area contributed by atoms with Gasteiger partial charge in [0, 0.05) is 30.8 Å². The van der Waals surface area contributed by atoms with Crippen LogP contribution in [0.2, 0.25) is 0 Å². The first-order valence-electron chi connectivity index (χ1n) is 13.4. The molecule has 3 aliphatic carbocycles. The molecular formula is C26H32F3N7O4. The zero-order valence-electron chi connectivity index (χ0n) is 22.0. The van der Waals surface area contributed by atoms with Gasteiger partial charge in [0.15, 0.2) is 17.5 Å². The van der Waals surface area contributed by atoms with E-state index in [1.165, 1.54) is 18.0 Å². The number of aliphatic hydroxyl groups is 2. The third-order valence-corrected chi connectivity index (χ3v) is 9.06. The molecule has 2 aromatic heterocycles. The van der Waals surface area contributed by atoms with E-state index < -0.39 is 54.5 Å². The Labute approximate surface area is 228 Å². The fourth-order valence-electron chi connectivity index (χ4n) is 6.57. The van der Waals surface area contributed by atoms with Crippen molar-refractivity contribution < 1.29 is 32.9 Å². The van der Waals surface area contributed by atoms with Gasteiger partial charge < -0.3 is 25.4 Å². The molecule has 14 heteroatoms. The number of hydrogen-bond acceptors (Lipinski definition) is 9. The third-order valence-electron chi connectivity index (χ3n) is 9.06. The highest BCUT2D eigenvalue weighted by molar-refractivity contribution is 5.58. The largest absolute Gasteiger partial charge is 0.394 e. The number of hydrogen-bond donors (Lipinski definition) is 3. The minimum absolute atomic E-state index is 0.0642. The van der Waals surface area contributed by atoms with Gasteiger partial charge in [-0.15, -0.1) is 10.2 Å². The molecule has 40 heavy (non-hydrogen) atoms. The summed E-state index contributed by atoms with van der Waals surface area (Å²) in [6, 6.07) is 0.953. The van der Waals surface area contributed by atoms with Crippen LogP contribution >= 0.6 is 0 Å². The molecule has 4 N–H and O–H groups in total. The van der Waals surface area contributed by atoms with Crippen molar-refractivity contribution in [2.75, 3.05) is 13.7 Å². The molecule has 216 valence electrons.